The van der Waals surface area contributed by atoms with Crippen molar-refractivity contribution in [3.63, 3.8) is 0 Å². The van der Waals surface area contributed by atoms with Gasteiger partial charge < -0.3 is 10.1 Å². The third kappa shape index (κ3) is 4.06. The molecule has 0 spiro atoms. The van der Waals surface area contributed by atoms with Gasteiger partial charge in [-0.3, -0.25) is 0 Å². The predicted molar refractivity (Wildman–Crippen MR) is 81.5 cm³/mol. The van der Waals surface area contributed by atoms with Crippen molar-refractivity contribution in [3.8, 4) is 0 Å². The molecule has 2 aliphatic rings. The van der Waals surface area contributed by atoms with Gasteiger partial charge in [-0.15, -0.1) is 0 Å². The largest absolute Gasteiger partial charge is 0.373 e. The molecule has 1 aliphatic heterocycles. The lowest BCUT2D eigenvalue weighted by atomic mass is 9.82. The summed E-state index contributed by atoms with van der Waals surface area (Å²) in [6, 6.07) is 0.436. The van der Waals surface area contributed by atoms with E-state index in [0.717, 1.165) is 13.2 Å². The molecule has 0 aromatic heterocycles. The van der Waals surface area contributed by atoms with E-state index in [1.54, 1.807) is 5.57 Å². The molecule has 2 unspecified atom stereocenters. The average Bonchev–Trinajstić information content (AvgIpc) is 2.69. The highest BCUT2D eigenvalue weighted by atomic mass is 16.5. The van der Waals surface area contributed by atoms with Gasteiger partial charge in [-0.2, -0.15) is 0 Å². The van der Waals surface area contributed by atoms with Crippen molar-refractivity contribution in [1.82, 2.24) is 5.32 Å². The van der Waals surface area contributed by atoms with Crippen molar-refractivity contribution >= 4 is 0 Å². The van der Waals surface area contributed by atoms with Gasteiger partial charge in [0.15, 0.2) is 0 Å². The fourth-order valence-corrected chi connectivity index (χ4v) is 3.51. The van der Waals surface area contributed by atoms with Gasteiger partial charge in [0, 0.05) is 6.61 Å². The maximum Gasteiger partial charge on any atom is 0.0845 e. The van der Waals surface area contributed by atoms with Crippen LogP contribution >= 0.6 is 0 Å². The van der Waals surface area contributed by atoms with Gasteiger partial charge in [0.05, 0.1) is 11.6 Å². The first-order valence-corrected chi connectivity index (χ1v) is 8.32. The Labute approximate surface area is 119 Å². The van der Waals surface area contributed by atoms with Crippen LogP contribution in [-0.2, 0) is 4.74 Å². The van der Waals surface area contributed by atoms with Crippen LogP contribution in [0.4, 0.5) is 0 Å². The summed E-state index contributed by atoms with van der Waals surface area (Å²) < 4.78 is 6.22. The Morgan fingerprint density at radius 2 is 2.16 bits per heavy atom. The molecule has 1 heterocycles. The Morgan fingerprint density at radius 3 is 2.89 bits per heavy atom. The monoisotopic (exact) mass is 265 g/mol. The molecule has 0 aromatic carbocycles. The molecule has 0 saturated carbocycles. The summed E-state index contributed by atoms with van der Waals surface area (Å²) >= 11 is 0. The first-order chi connectivity index (χ1) is 9.26. The van der Waals surface area contributed by atoms with Gasteiger partial charge in [0.2, 0.25) is 0 Å². The molecule has 0 bridgehead atoms. The van der Waals surface area contributed by atoms with E-state index in [2.05, 4.69) is 25.2 Å². The molecule has 1 aliphatic carbocycles. The van der Waals surface area contributed by atoms with Crippen molar-refractivity contribution in [3.05, 3.63) is 11.6 Å². The van der Waals surface area contributed by atoms with Crippen LogP contribution in [0.15, 0.2) is 11.6 Å². The second kappa shape index (κ2) is 7.44. The Morgan fingerprint density at radius 1 is 1.26 bits per heavy atom. The lowest BCUT2D eigenvalue weighted by Gasteiger charge is -2.42. The summed E-state index contributed by atoms with van der Waals surface area (Å²) in [7, 11) is 0. The van der Waals surface area contributed by atoms with Crippen molar-refractivity contribution in [2.24, 2.45) is 0 Å². The first kappa shape index (κ1) is 15.1. The molecule has 2 rings (SSSR count). The van der Waals surface area contributed by atoms with E-state index in [9.17, 15) is 0 Å². The molecule has 0 amide bonds. The number of ether oxygens (including phenoxy) is 1. The van der Waals surface area contributed by atoms with Gasteiger partial charge in [-0.1, -0.05) is 25.0 Å². The van der Waals surface area contributed by atoms with Gasteiger partial charge in [0.25, 0.3) is 0 Å². The SMILES string of the molecule is CCCNC(C1=CCCCCC1)C1(C)CCCCO1. The number of hydrogen-bond donors (Lipinski definition) is 1. The Hall–Kier alpha value is -0.340. The van der Waals surface area contributed by atoms with Gasteiger partial charge in [0.1, 0.15) is 0 Å². The lowest BCUT2D eigenvalue weighted by Crippen LogP contribution is -2.53. The lowest BCUT2D eigenvalue weighted by molar-refractivity contribution is -0.0815. The normalized spacial score (nSPS) is 30.5. The standard InChI is InChI=1S/C17H31NO/c1-3-13-18-16(15-10-6-4-5-7-11-15)17(2)12-8-9-14-19-17/h10,16,18H,3-9,11-14H2,1-2H3. The van der Waals surface area contributed by atoms with Crippen molar-refractivity contribution in [1.29, 1.82) is 0 Å². The smallest absolute Gasteiger partial charge is 0.0845 e. The van der Waals surface area contributed by atoms with Crippen LogP contribution in [0.3, 0.4) is 0 Å². The minimum atomic E-state index is 0.0175. The van der Waals surface area contributed by atoms with E-state index in [-0.39, 0.29) is 5.60 Å². The van der Waals surface area contributed by atoms with Crippen LogP contribution < -0.4 is 5.32 Å². The summed E-state index contributed by atoms with van der Waals surface area (Å²) in [6.07, 6.45) is 14.1. The highest BCUT2D eigenvalue weighted by molar-refractivity contribution is 5.18. The van der Waals surface area contributed by atoms with Gasteiger partial charge in [-0.05, 0) is 64.8 Å². The van der Waals surface area contributed by atoms with Crippen LogP contribution in [0.5, 0.6) is 0 Å². The van der Waals surface area contributed by atoms with E-state index >= 15 is 0 Å². The molecule has 110 valence electrons. The minimum absolute atomic E-state index is 0.0175. The zero-order chi connectivity index (χ0) is 13.6. The molecule has 0 aromatic rings. The summed E-state index contributed by atoms with van der Waals surface area (Å²) in [5.74, 6) is 0. The van der Waals surface area contributed by atoms with E-state index in [0.29, 0.717) is 6.04 Å². The quantitative estimate of drug-likeness (QED) is 0.752. The second-order valence-electron chi connectivity index (χ2n) is 6.38. The highest BCUT2D eigenvalue weighted by Crippen LogP contribution is 2.34. The first-order valence-electron chi connectivity index (χ1n) is 8.32. The summed E-state index contributed by atoms with van der Waals surface area (Å²) in [4.78, 5) is 0. The topological polar surface area (TPSA) is 21.3 Å². The van der Waals surface area contributed by atoms with E-state index in [1.807, 2.05) is 0 Å². The zero-order valence-corrected chi connectivity index (χ0v) is 12.8. The number of rotatable bonds is 5. The third-order valence-corrected chi connectivity index (χ3v) is 4.66. The average molecular weight is 265 g/mol. The summed E-state index contributed by atoms with van der Waals surface area (Å²) in [6.45, 7) is 6.61. The molecule has 1 N–H and O–H groups in total. The highest BCUT2D eigenvalue weighted by Gasteiger charge is 2.38. The molecule has 19 heavy (non-hydrogen) atoms. The van der Waals surface area contributed by atoms with Crippen LogP contribution in [0.2, 0.25) is 0 Å². The van der Waals surface area contributed by atoms with Gasteiger partial charge in [-0.25, -0.2) is 0 Å². The molecule has 1 saturated heterocycles. The fraction of sp³-hybridized carbons (Fsp3) is 0.882. The maximum atomic E-state index is 6.22. The molecule has 0 radical (unpaired) electrons. The molecule has 2 nitrogen and oxygen atoms in total. The minimum Gasteiger partial charge on any atom is -0.373 e. The molecular weight excluding hydrogens is 234 g/mol. The zero-order valence-electron chi connectivity index (χ0n) is 12.8. The molecule has 2 atom stereocenters. The number of nitrogens with one attached hydrogen (secondary N) is 1. The summed E-state index contributed by atoms with van der Waals surface area (Å²) in [5.41, 5.74) is 1.64. The molecular formula is C17H31NO. The van der Waals surface area contributed by atoms with Crippen LogP contribution in [0, 0.1) is 0 Å². The Balaban J connectivity index is 2.11. The van der Waals surface area contributed by atoms with Crippen molar-refractivity contribution in [2.45, 2.75) is 83.3 Å². The predicted octanol–water partition coefficient (Wildman–Crippen LogP) is 4.20. The molecule has 1 fully saturated rings. The third-order valence-electron chi connectivity index (χ3n) is 4.66. The fourth-order valence-electron chi connectivity index (χ4n) is 3.51. The van der Waals surface area contributed by atoms with E-state index in [1.165, 1.54) is 57.8 Å². The number of allylic oxidation sites excluding steroid dienone is 1. The van der Waals surface area contributed by atoms with Crippen LogP contribution in [0.25, 0.3) is 0 Å². The number of hydrogen-bond acceptors (Lipinski definition) is 2. The maximum absolute atomic E-state index is 6.22. The second-order valence-corrected chi connectivity index (χ2v) is 6.38. The van der Waals surface area contributed by atoms with E-state index < -0.39 is 0 Å². The molecule has 2 heteroatoms. The summed E-state index contributed by atoms with van der Waals surface area (Å²) in [5, 5.41) is 3.78. The van der Waals surface area contributed by atoms with E-state index in [4.69, 9.17) is 4.74 Å². The van der Waals surface area contributed by atoms with Crippen LogP contribution in [-0.4, -0.2) is 24.8 Å². The Bertz CT molecular complexity index is 292. The van der Waals surface area contributed by atoms with Crippen LogP contribution in [0.1, 0.15) is 71.6 Å². The van der Waals surface area contributed by atoms with Crippen molar-refractivity contribution < 1.29 is 4.74 Å². The van der Waals surface area contributed by atoms with Crippen molar-refractivity contribution in [2.75, 3.05) is 13.2 Å². The Kier molecular flexibility index (Phi) is 5.90. The van der Waals surface area contributed by atoms with Gasteiger partial charge >= 0.3 is 0 Å².